The summed E-state index contributed by atoms with van der Waals surface area (Å²) in [6.45, 7) is 0.675. The van der Waals surface area contributed by atoms with E-state index in [1.807, 2.05) is 0 Å². The minimum atomic E-state index is -0.109. The Kier molecular flexibility index (Phi) is 3.59. The zero-order chi connectivity index (χ0) is 12.4. The number of likely N-dealkylation sites (tertiary alicyclic amines) is 1. The molecular formula is C12H12BrNO3. The molecule has 1 aliphatic rings. The number of hydrogen-bond acceptors (Lipinski definition) is 3. The molecule has 0 spiro atoms. The van der Waals surface area contributed by atoms with Gasteiger partial charge in [0.1, 0.15) is 0 Å². The summed E-state index contributed by atoms with van der Waals surface area (Å²) in [5, 5.41) is 9.05. The van der Waals surface area contributed by atoms with Crippen LogP contribution in [0.1, 0.15) is 22.3 Å². The van der Waals surface area contributed by atoms with Crippen LogP contribution >= 0.6 is 15.9 Å². The smallest absolute Gasteiger partial charge is 0.224 e. The van der Waals surface area contributed by atoms with Crippen molar-refractivity contribution in [1.29, 1.82) is 0 Å². The highest BCUT2D eigenvalue weighted by molar-refractivity contribution is 9.10. The van der Waals surface area contributed by atoms with E-state index >= 15 is 0 Å². The highest BCUT2D eigenvalue weighted by Gasteiger charge is 2.26. The molecule has 1 amide bonds. The third kappa shape index (κ3) is 2.73. The molecule has 2 rings (SSSR count). The average Bonchev–Trinajstić information content (AvgIpc) is 2.32. The number of Topliss-reactive ketones (excluding diaryl/α,β-unsaturated/α-hetero) is 1. The highest BCUT2D eigenvalue weighted by Crippen LogP contribution is 2.18. The van der Waals surface area contributed by atoms with Crippen molar-refractivity contribution in [2.75, 3.05) is 13.1 Å². The summed E-state index contributed by atoms with van der Waals surface area (Å²) in [6, 6.07) is 5.11. The molecule has 1 fully saturated rings. The third-order valence-corrected chi connectivity index (χ3v) is 3.20. The van der Waals surface area contributed by atoms with Crippen LogP contribution < -0.4 is 0 Å². The number of β-lactam (4-membered cyclic amide) rings is 1. The van der Waals surface area contributed by atoms with E-state index in [-0.39, 0.29) is 24.8 Å². The molecule has 0 saturated carbocycles. The fourth-order valence-electron chi connectivity index (χ4n) is 1.70. The summed E-state index contributed by atoms with van der Waals surface area (Å²) in [6.07, 6.45) is 0.535. The van der Waals surface area contributed by atoms with Gasteiger partial charge >= 0.3 is 0 Å². The SMILES string of the molecule is O=C(CN1CCC1=O)c1cc(Br)cc(CO)c1. The van der Waals surface area contributed by atoms with Crippen LogP contribution in [0.15, 0.2) is 22.7 Å². The van der Waals surface area contributed by atoms with Gasteiger partial charge < -0.3 is 10.0 Å². The second kappa shape index (κ2) is 4.98. The third-order valence-electron chi connectivity index (χ3n) is 2.74. The Morgan fingerprint density at radius 2 is 2.18 bits per heavy atom. The quantitative estimate of drug-likeness (QED) is 0.674. The Balaban J connectivity index is 2.12. The number of carbonyl (C=O) groups is 2. The lowest BCUT2D eigenvalue weighted by Crippen LogP contribution is -2.46. The van der Waals surface area contributed by atoms with Gasteiger partial charge in [0.2, 0.25) is 5.91 Å². The summed E-state index contributed by atoms with van der Waals surface area (Å²) >= 11 is 3.29. The summed E-state index contributed by atoms with van der Waals surface area (Å²) < 4.78 is 0.752. The van der Waals surface area contributed by atoms with Gasteiger partial charge in [-0.25, -0.2) is 0 Å². The molecular weight excluding hydrogens is 286 g/mol. The van der Waals surface area contributed by atoms with Crippen molar-refractivity contribution >= 4 is 27.6 Å². The molecule has 0 unspecified atom stereocenters. The Hall–Kier alpha value is -1.20. The minimum absolute atomic E-state index is 0.0238. The Bertz CT molecular complexity index is 473. The molecule has 1 saturated heterocycles. The second-order valence-electron chi connectivity index (χ2n) is 3.99. The van der Waals surface area contributed by atoms with E-state index in [0.29, 0.717) is 24.1 Å². The molecule has 1 N–H and O–H groups in total. The van der Waals surface area contributed by atoms with Crippen molar-refractivity contribution < 1.29 is 14.7 Å². The predicted molar refractivity (Wildman–Crippen MR) is 65.6 cm³/mol. The van der Waals surface area contributed by atoms with Gasteiger partial charge in [-0.1, -0.05) is 15.9 Å². The first kappa shape index (κ1) is 12.3. The zero-order valence-electron chi connectivity index (χ0n) is 9.15. The summed E-state index contributed by atoms with van der Waals surface area (Å²) in [5.74, 6) is -0.0789. The van der Waals surface area contributed by atoms with E-state index in [4.69, 9.17) is 5.11 Å². The molecule has 1 aromatic rings. The molecule has 1 aromatic carbocycles. The van der Waals surface area contributed by atoms with Gasteiger partial charge in [0.05, 0.1) is 13.2 Å². The fraction of sp³-hybridized carbons (Fsp3) is 0.333. The fourth-order valence-corrected chi connectivity index (χ4v) is 2.24. The lowest BCUT2D eigenvalue weighted by Gasteiger charge is -2.29. The molecule has 0 aliphatic carbocycles. The van der Waals surface area contributed by atoms with Crippen molar-refractivity contribution in [1.82, 2.24) is 4.90 Å². The average molecular weight is 298 g/mol. The van der Waals surface area contributed by atoms with Crippen LogP contribution in [0.5, 0.6) is 0 Å². The summed E-state index contributed by atoms with van der Waals surface area (Å²) in [4.78, 5) is 24.6. The van der Waals surface area contributed by atoms with Crippen LogP contribution in [0.2, 0.25) is 0 Å². The maximum atomic E-state index is 11.9. The first-order valence-corrected chi connectivity index (χ1v) is 6.11. The number of aliphatic hydroxyl groups is 1. The summed E-state index contributed by atoms with van der Waals surface area (Å²) in [5.41, 5.74) is 1.20. The van der Waals surface area contributed by atoms with Gasteiger partial charge in [-0.05, 0) is 23.8 Å². The van der Waals surface area contributed by atoms with Crippen LogP contribution in [-0.4, -0.2) is 34.8 Å². The van der Waals surface area contributed by atoms with Crippen molar-refractivity contribution in [3.63, 3.8) is 0 Å². The number of ketones is 1. The van der Waals surface area contributed by atoms with E-state index in [1.54, 1.807) is 18.2 Å². The molecule has 0 bridgehead atoms. The molecule has 1 aliphatic heterocycles. The number of aliphatic hydroxyl groups excluding tert-OH is 1. The van der Waals surface area contributed by atoms with E-state index in [1.165, 1.54) is 4.90 Å². The molecule has 0 radical (unpaired) electrons. The molecule has 0 atom stereocenters. The zero-order valence-corrected chi connectivity index (χ0v) is 10.7. The molecule has 1 heterocycles. The first-order chi connectivity index (χ1) is 8.10. The van der Waals surface area contributed by atoms with Crippen molar-refractivity contribution in [3.8, 4) is 0 Å². The van der Waals surface area contributed by atoms with E-state index in [2.05, 4.69) is 15.9 Å². The van der Waals surface area contributed by atoms with Crippen molar-refractivity contribution in [3.05, 3.63) is 33.8 Å². The Labute approximate surface area is 107 Å². The maximum absolute atomic E-state index is 11.9. The lowest BCUT2D eigenvalue weighted by atomic mass is 10.1. The van der Waals surface area contributed by atoms with Gasteiger partial charge in [0, 0.05) is 23.0 Å². The van der Waals surface area contributed by atoms with Gasteiger partial charge in [-0.3, -0.25) is 9.59 Å². The molecule has 5 heteroatoms. The monoisotopic (exact) mass is 297 g/mol. The number of nitrogens with zero attached hydrogens (tertiary/aromatic N) is 1. The molecule has 4 nitrogen and oxygen atoms in total. The van der Waals surface area contributed by atoms with Gasteiger partial charge in [-0.15, -0.1) is 0 Å². The minimum Gasteiger partial charge on any atom is -0.392 e. The highest BCUT2D eigenvalue weighted by atomic mass is 79.9. The van der Waals surface area contributed by atoms with Crippen LogP contribution in [0.3, 0.4) is 0 Å². The van der Waals surface area contributed by atoms with E-state index < -0.39 is 0 Å². The van der Waals surface area contributed by atoms with E-state index in [0.717, 1.165) is 4.47 Å². The van der Waals surface area contributed by atoms with Crippen LogP contribution in [0.25, 0.3) is 0 Å². The maximum Gasteiger partial charge on any atom is 0.224 e. The van der Waals surface area contributed by atoms with Crippen LogP contribution in [0, 0.1) is 0 Å². The second-order valence-corrected chi connectivity index (χ2v) is 4.91. The lowest BCUT2D eigenvalue weighted by molar-refractivity contribution is -0.138. The molecule has 90 valence electrons. The molecule has 0 aromatic heterocycles. The Morgan fingerprint density at radius 3 is 2.71 bits per heavy atom. The van der Waals surface area contributed by atoms with Gasteiger partial charge in [0.15, 0.2) is 5.78 Å². The number of rotatable bonds is 4. The predicted octanol–water partition coefficient (Wildman–Crippen LogP) is 1.36. The number of amides is 1. The standard InChI is InChI=1S/C12H12BrNO3/c13-10-4-8(7-15)3-9(5-10)11(16)6-14-2-1-12(14)17/h3-5,15H,1-2,6-7H2. The van der Waals surface area contributed by atoms with Gasteiger partial charge in [-0.2, -0.15) is 0 Å². The first-order valence-electron chi connectivity index (χ1n) is 5.31. The topological polar surface area (TPSA) is 57.6 Å². The van der Waals surface area contributed by atoms with Crippen molar-refractivity contribution in [2.45, 2.75) is 13.0 Å². The van der Waals surface area contributed by atoms with Gasteiger partial charge in [0.25, 0.3) is 0 Å². The molecule has 17 heavy (non-hydrogen) atoms. The largest absolute Gasteiger partial charge is 0.392 e. The number of hydrogen-bond donors (Lipinski definition) is 1. The number of halogens is 1. The van der Waals surface area contributed by atoms with E-state index in [9.17, 15) is 9.59 Å². The summed E-state index contributed by atoms with van der Waals surface area (Å²) in [7, 11) is 0. The normalized spacial score (nSPS) is 14.7. The number of benzene rings is 1. The van der Waals surface area contributed by atoms with Crippen LogP contribution in [-0.2, 0) is 11.4 Å². The Morgan fingerprint density at radius 1 is 1.41 bits per heavy atom. The number of carbonyl (C=O) groups excluding carboxylic acids is 2. The van der Waals surface area contributed by atoms with Crippen molar-refractivity contribution in [2.24, 2.45) is 0 Å². The van der Waals surface area contributed by atoms with Crippen LogP contribution in [0.4, 0.5) is 0 Å².